The van der Waals surface area contributed by atoms with Crippen molar-refractivity contribution >= 4 is 17.3 Å². The minimum atomic E-state index is -0.624. The van der Waals surface area contributed by atoms with Crippen LogP contribution in [-0.2, 0) is 35.5 Å². The minimum absolute atomic E-state index is 0. The molecule has 0 heterocycles. The Balaban J connectivity index is 0.00000181. The maximum atomic E-state index is 2.57. The molecule has 2 aromatic rings. The summed E-state index contributed by atoms with van der Waals surface area (Å²) in [5.74, 6) is 0. The third kappa shape index (κ3) is 4.68. The van der Waals surface area contributed by atoms with Crippen molar-refractivity contribution in [3.63, 3.8) is 0 Å². The van der Waals surface area contributed by atoms with Gasteiger partial charge in [-0.15, -0.1) is 0 Å². The van der Waals surface area contributed by atoms with Crippen LogP contribution in [0.5, 0.6) is 0 Å². The molecule has 0 bridgehead atoms. The molecule has 0 atom stereocenters. The second kappa shape index (κ2) is 9.61. The van der Waals surface area contributed by atoms with Crippen LogP contribution in [0.3, 0.4) is 0 Å². The standard InChI is InChI=1S/C28H33Si.2ClH.Zr/c1-27(2,3)20-14-13-19-15-23-22(21(19)16-20)17-24(28(4,5)6)26(29(7)8)25(23)18-11-9-10-12-18;;;/h9-11,13-14,16-17H,12H2,1-8H3;2*1H;/q;;;+2/p-2. The summed E-state index contributed by atoms with van der Waals surface area (Å²) >= 11 is 1.52. The normalized spacial score (nSPS) is 14.4. The molecule has 32 heavy (non-hydrogen) atoms. The van der Waals surface area contributed by atoms with Gasteiger partial charge in [-0.3, -0.25) is 0 Å². The minimum Gasteiger partial charge on any atom is -1.00 e. The molecule has 167 valence electrons. The molecule has 2 aliphatic rings. The number of allylic oxidation sites excluding steroid dienone is 4. The van der Waals surface area contributed by atoms with Gasteiger partial charge >= 0.3 is 199 Å². The van der Waals surface area contributed by atoms with Gasteiger partial charge < -0.3 is 24.8 Å². The summed E-state index contributed by atoms with van der Waals surface area (Å²) in [4.78, 5) is 1.66. The number of benzene rings is 2. The second-order valence-corrected chi connectivity index (χ2v) is 14.8. The Morgan fingerprint density at radius 1 is 0.812 bits per heavy atom. The molecule has 2 aliphatic carbocycles. The molecule has 0 amide bonds. The fraction of sp³-hybridized carbons (Fsp3) is 0.393. The predicted molar refractivity (Wildman–Crippen MR) is 128 cm³/mol. The van der Waals surface area contributed by atoms with E-state index in [1.165, 1.54) is 51.5 Å². The maximum Gasteiger partial charge on any atom is -1.00 e. The molecular formula is C28H33Cl2SiZr. The zero-order valence-corrected chi connectivity index (χ0v) is 25.5. The average Bonchev–Trinajstić information content (AvgIpc) is 3.26. The first-order chi connectivity index (χ1) is 13.9. The maximum absolute atomic E-state index is 2.57. The Morgan fingerprint density at radius 3 is 1.97 bits per heavy atom. The number of halogens is 2. The summed E-state index contributed by atoms with van der Waals surface area (Å²) in [6.07, 6.45) is 7.99. The summed E-state index contributed by atoms with van der Waals surface area (Å²) in [5.41, 5.74) is 7.91. The van der Waals surface area contributed by atoms with Crippen molar-refractivity contribution in [3.8, 4) is 0 Å². The predicted octanol–water partition coefficient (Wildman–Crippen LogP) is 0.524. The van der Waals surface area contributed by atoms with Crippen LogP contribution in [0.2, 0.25) is 13.1 Å². The van der Waals surface area contributed by atoms with Gasteiger partial charge in [0.2, 0.25) is 0 Å². The molecule has 0 aromatic heterocycles. The summed E-state index contributed by atoms with van der Waals surface area (Å²) in [7, 11) is -0.624. The van der Waals surface area contributed by atoms with Crippen molar-refractivity contribution < 1.29 is 49.5 Å². The number of rotatable bonds is 1. The third-order valence-electron chi connectivity index (χ3n) is 6.42. The molecule has 0 N–H and O–H groups in total. The molecule has 0 saturated heterocycles. The van der Waals surface area contributed by atoms with Gasteiger partial charge in [0.15, 0.2) is 0 Å². The van der Waals surface area contributed by atoms with Crippen LogP contribution in [0.1, 0.15) is 70.2 Å². The van der Waals surface area contributed by atoms with E-state index in [9.17, 15) is 0 Å². The van der Waals surface area contributed by atoms with Crippen molar-refractivity contribution in [1.29, 1.82) is 0 Å². The van der Waals surface area contributed by atoms with E-state index in [0.29, 0.717) is 0 Å². The first-order valence-corrected chi connectivity index (χ1v) is 14.8. The molecule has 0 unspecified atom stereocenters. The Kier molecular flexibility index (Phi) is 8.32. The summed E-state index contributed by atoms with van der Waals surface area (Å²) < 4.78 is 1.54. The van der Waals surface area contributed by atoms with Gasteiger partial charge in [-0.1, -0.05) is 0 Å². The number of hydrogen-bond acceptors (Lipinski definition) is 0. The van der Waals surface area contributed by atoms with Crippen molar-refractivity contribution in [2.75, 3.05) is 0 Å². The van der Waals surface area contributed by atoms with Crippen molar-refractivity contribution in [2.24, 2.45) is 0 Å². The number of fused-ring (bicyclic) bond motifs is 2. The van der Waals surface area contributed by atoms with Crippen LogP contribution in [0, 0.1) is 15.3 Å². The largest absolute Gasteiger partial charge is 1.00 e. The molecular weight excluding hydrogens is 527 g/mol. The monoisotopic (exact) mass is 557 g/mol. The van der Waals surface area contributed by atoms with E-state index in [4.69, 9.17) is 0 Å². The van der Waals surface area contributed by atoms with E-state index in [0.717, 1.165) is 6.42 Å². The molecule has 0 radical (unpaired) electrons. The van der Waals surface area contributed by atoms with Crippen LogP contribution >= 0.6 is 0 Å². The Hall–Kier alpha value is -0.530. The SMILES string of the molecule is C[Si](C)=c1c(C(C)(C)C)cc2c(c1C1=CC=CC1)[C]([Zr+2])=c1ccc(C(C)(C)C)cc1=2.[Cl-].[Cl-]. The fourth-order valence-electron chi connectivity index (χ4n) is 4.81. The Labute approximate surface area is 222 Å². The Morgan fingerprint density at radius 2 is 1.47 bits per heavy atom. The summed E-state index contributed by atoms with van der Waals surface area (Å²) in [5, 5.41) is 4.39. The molecule has 4 rings (SSSR count). The van der Waals surface area contributed by atoms with E-state index >= 15 is 0 Å². The quantitative estimate of drug-likeness (QED) is 0.448. The van der Waals surface area contributed by atoms with Crippen LogP contribution in [0.4, 0.5) is 0 Å². The van der Waals surface area contributed by atoms with E-state index in [1.54, 1.807) is 24.8 Å². The first-order valence-electron chi connectivity index (χ1n) is 11.0. The first kappa shape index (κ1) is 27.7. The van der Waals surface area contributed by atoms with Gasteiger partial charge in [-0.25, -0.2) is 0 Å². The zero-order chi connectivity index (χ0) is 22.0. The third-order valence-corrected chi connectivity index (χ3v) is 9.22. The van der Waals surface area contributed by atoms with E-state index in [-0.39, 0.29) is 35.6 Å². The van der Waals surface area contributed by atoms with Crippen LogP contribution in [0.25, 0.3) is 8.85 Å². The van der Waals surface area contributed by atoms with Crippen LogP contribution < -0.4 is 30.0 Å². The Bertz CT molecular complexity index is 1350. The van der Waals surface area contributed by atoms with E-state index in [2.05, 4.69) is 97.1 Å². The summed E-state index contributed by atoms with van der Waals surface area (Å²) in [6, 6.07) is 9.79. The molecule has 0 saturated carbocycles. The van der Waals surface area contributed by atoms with Crippen LogP contribution in [0.15, 0.2) is 42.5 Å². The topological polar surface area (TPSA) is 0 Å². The van der Waals surface area contributed by atoms with Crippen molar-refractivity contribution in [1.82, 2.24) is 0 Å². The van der Waals surface area contributed by atoms with Gasteiger partial charge in [0.05, 0.1) is 0 Å². The smallest absolute Gasteiger partial charge is 1.00 e. The van der Waals surface area contributed by atoms with Crippen molar-refractivity contribution in [3.05, 3.63) is 85.2 Å². The van der Waals surface area contributed by atoms with Gasteiger partial charge in [-0.05, 0) is 0 Å². The molecule has 0 aliphatic heterocycles. The molecule has 0 spiro atoms. The van der Waals surface area contributed by atoms with Gasteiger partial charge in [0.25, 0.3) is 0 Å². The second-order valence-electron chi connectivity index (χ2n) is 11.1. The number of hydrogen-bond donors (Lipinski definition) is 0. The molecule has 0 fully saturated rings. The van der Waals surface area contributed by atoms with E-state index in [1.807, 2.05) is 0 Å². The average molecular weight is 560 g/mol. The van der Waals surface area contributed by atoms with Gasteiger partial charge in [0, 0.05) is 0 Å². The van der Waals surface area contributed by atoms with Gasteiger partial charge in [-0.2, -0.15) is 0 Å². The van der Waals surface area contributed by atoms with Crippen molar-refractivity contribution in [2.45, 2.75) is 71.9 Å². The van der Waals surface area contributed by atoms with Gasteiger partial charge in [0.1, 0.15) is 0 Å². The molecule has 2 aromatic carbocycles. The zero-order valence-electron chi connectivity index (χ0n) is 20.5. The molecule has 0 nitrogen and oxygen atoms in total. The fourth-order valence-corrected chi connectivity index (χ4v) is 7.75. The van der Waals surface area contributed by atoms with E-state index < -0.39 is 8.41 Å². The molecule has 4 heteroatoms. The van der Waals surface area contributed by atoms with Crippen LogP contribution in [-0.4, -0.2) is 8.41 Å². The summed E-state index contributed by atoms with van der Waals surface area (Å²) in [6.45, 7) is 19.1.